The fraction of sp³-hybridized carbons (Fsp3) is 0.400. The van der Waals surface area contributed by atoms with Gasteiger partial charge in [0.25, 0.3) is 10.1 Å². The zero-order chi connectivity index (χ0) is 11.5. The SMILES string of the molecule is CC(COS(C)(=O)=O)c1ccc(Cl)cc1. The average molecular weight is 249 g/mol. The van der Waals surface area contributed by atoms with Crippen molar-refractivity contribution in [3.05, 3.63) is 34.9 Å². The third-order valence-electron chi connectivity index (χ3n) is 1.97. The first-order valence-electron chi connectivity index (χ1n) is 4.48. The molecule has 0 N–H and O–H groups in total. The summed E-state index contributed by atoms with van der Waals surface area (Å²) >= 11 is 5.74. The molecule has 0 saturated heterocycles. The van der Waals surface area contributed by atoms with Crippen LogP contribution in [0.15, 0.2) is 24.3 Å². The van der Waals surface area contributed by atoms with Crippen molar-refractivity contribution in [3.63, 3.8) is 0 Å². The minimum atomic E-state index is -3.36. The Bertz CT molecular complexity index is 411. The van der Waals surface area contributed by atoms with Crippen LogP contribution in [0.2, 0.25) is 5.02 Å². The lowest BCUT2D eigenvalue weighted by atomic mass is 10.0. The van der Waals surface area contributed by atoms with Crippen LogP contribution in [0, 0.1) is 0 Å². The molecule has 0 aliphatic carbocycles. The highest BCUT2D eigenvalue weighted by Gasteiger charge is 2.09. The van der Waals surface area contributed by atoms with Gasteiger partial charge in [0.2, 0.25) is 0 Å². The van der Waals surface area contributed by atoms with Crippen LogP contribution in [0.25, 0.3) is 0 Å². The number of hydrogen-bond acceptors (Lipinski definition) is 3. The molecule has 0 saturated carbocycles. The van der Waals surface area contributed by atoms with Gasteiger partial charge >= 0.3 is 0 Å². The molecule has 0 spiro atoms. The van der Waals surface area contributed by atoms with Crippen molar-refractivity contribution < 1.29 is 12.6 Å². The number of hydrogen-bond donors (Lipinski definition) is 0. The first kappa shape index (κ1) is 12.5. The zero-order valence-electron chi connectivity index (χ0n) is 8.60. The molecule has 1 aromatic carbocycles. The van der Waals surface area contributed by atoms with E-state index in [1.54, 1.807) is 12.1 Å². The predicted molar refractivity (Wildman–Crippen MR) is 60.7 cm³/mol. The van der Waals surface area contributed by atoms with Gasteiger partial charge in [-0.05, 0) is 17.7 Å². The normalized spacial score (nSPS) is 13.8. The number of benzene rings is 1. The summed E-state index contributed by atoms with van der Waals surface area (Å²) < 4.78 is 26.3. The summed E-state index contributed by atoms with van der Waals surface area (Å²) in [7, 11) is -3.36. The fourth-order valence-corrected chi connectivity index (χ4v) is 1.69. The van der Waals surface area contributed by atoms with Gasteiger partial charge in [-0.15, -0.1) is 0 Å². The van der Waals surface area contributed by atoms with Crippen LogP contribution in [0.4, 0.5) is 0 Å². The maximum Gasteiger partial charge on any atom is 0.264 e. The third kappa shape index (κ3) is 4.64. The van der Waals surface area contributed by atoms with Gasteiger partial charge in [0.1, 0.15) is 0 Å². The Morgan fingerprint density at radius 3 is 2.33 bits per heavy atom. The molecule has 0 radical (unpaired) electrons. The summed E-state index contributed by atoms with van der Waals surface area (Å²) in [4.78, 5) is 0. The molecular weight excluding hydrogens is 236 g/mol. The molecule has 15 heavy (non-hydrogen) atoms. The standard InChI is InChI=1S/C10H13ClO3S/c1-8(7-14-15(2,12)13)9-3-5-10(11)6-4-9/h3-6,8H,7H2,1-2H3. The van der Waals surface area contributed by atoms with Crippen LogP contribution >= 0.6 is 11.6 Å². The Morgan fingerprint density at radius 1 is 1.33 bits per heavy atom. The van der Waals surface area contributed by atoms with E-state index in [1.165, 1.54) is 0 Å². The molecule has 1 unspecified atom stereocenters. The van der Waals surface area contributed by atoms with E-state index in [9.17, 15) is 8.42 Å². The van der Waals surface area contributed by atoms with Crippen LogP contribution < -0.4 is 0 Å². The Hall–Kier alpha value is -0.580. The van der Waals surface area contributed by atoms with Crippen molar-refractivity contribution in [2.45, 2.75) is 12.8 Å². The molecule has 0 aliphatic heterocycles. The fourth-order valence-electron chi connectivity index (χ4n) is 1.11. The van der Waals surface area contributed by atoms with Crippen molar-refractivity contribution in [3.8, 4) is 0 Å². The van der Waals surface area contributed by atoms with E-state index < -0.39 is 10.1 Å². The van der Waals surface area contributed by atoms with Crippen LogP contribution in [-0.4, -0.2) is 21.3 Å². The molecule has 0 amide bonds. The van der Waals surface area contributed by atoms with E-state index in [1.807, 2.05) is 19.1 Å². The summed E-state index contributed by atoms with van der Waals surface area (Å²) in [6.45, 7) is 2.05. The molecule has 84 valence electrons. The molecular formula is C10H13ClO3S. The second kappa shape index (κ2) is 4.96. The summed E-state index contributed by atoms with van der Waals surface area (Å²) in [6, 6.07) is 7.26. The maximum absolute atomic E-state index is 10.8. The first-order valence-corrected chi connectivity index (χ1v) is 6.68. The topological polar surface area (TPSA) is 43.4 Å². The molecule has 1 atom stereocenters. The van der Waals surface area contributed by atoms with E-state index in [0.717, 1.165) is 11.8 Å². The highest BCUT2D eigenvalue weighted by Crippen LogP contribution is 2.18. The molecule has 0 bridgehead atoms. The van der Waals surface area contributed by atoms with E-state index in [-0.39, 0.29) is 12.5 Å². The van der Waals surface area contributed by atoms with Crippen molar-refractivity contribution in [1.29, 1.82) is 0 Å². The Labute approximate surface area is 95.1 Å². The van der Waals surface area contributed by atoms with Crippen molar-refractivity contribution >= 4 is 21.7 Å². The van der Waals surface area contributed by atoms with Gasteiger partial charge < -0.3 is 0 Å². The van der Waals surface area contributed by atoms with Crippen molar-refractivity contribution in [2.75, 3.05) is 12.9 Å². The summed E-state index contributed by atoms with van der Waals surface area (Å²) in [5, 5.41) is 0.662. The van der Waals surface area contributed by atoms with Crippen molar-refractivity contribution in [1.82, 2.24) is 0 Å². The van der Waals surface area contributed by atoms with Gasteiger partial charge in [-0.1, -0.05) is 30.7 Å². The highest BCUT2D eigenvalue weighted by molar-refractivity contribution is 7.85. The van der Waals surface area contributed by atoms with E-state index >= 15 is 0 Å². The molecule has 0 aliphatic rings. The van der Waals surface area contributed by atoms with Crippen LogP contribution in [0.5, 0.6) is 0 Å². The second-order valence-electron chi connectivity index (χ2n) is 3.44. The zero-order valence-corrected chi connectivity index (χ0v) is 10.2. The molecule has 0 heterocycles. The summed E-state index contributed by atoms with van der Waals surface area (Å²) in [5.74, 6) is 0.0250. The highest BCUT2D eigenvalue weighted by atomic mass is 35.5. The smallest absolute Gasteiger partial charge is 0.264 e. The average Bonchev–Trinajstić information content (AvgIpc) is 2.14. The second-order valence-corrected chi connectivity index (χ2v) is 5.52. The lowest BCUT2D eigenvalue weighted by Crippen LogP contribution is -2.09. The number of rotatable bonds is 4. The minimum absolute atomic E-state index is 0.0250. The van der Waals surface area contributed by atoms with Gasteiger partial charge in [0.15, 0.2) is 0 Å². The van der Waals surface area contributed by atoms with E-state index in [4.69, 9.17) is 15.8 Å². The van der Waals surface area contributed by atoms with Crippen LogP contribution in [0.1, 0.15) is 18.4 Å². The molecule has 1 rings (SSSR count). The lowest BCUT2D eigenvalue weighted by Gasteiger charge is -2.10. The number of halogens is 1. The monoisotopic (exact) mass is 248 g/mol. The van der Waals surface area contributed by atoms with E-state index in [0.29, 0.717) is 5.02 Å². The first-order chi connectivity index (χ1) is 6.88. The van der Waals surface area contributed by atoms with Gasteiger partial charge in [-0.25, -0.2) is 0 Å². The van der Waals surface area contributed by atoms with Crippen molar-refractivity contribution in [2.24, 2.45) is 0 Å². The molecule has 0 aromatic heterocycles. The molecule has 5 heteroatoms. The molecule has 3 nitrogen and oxygen atoms in total. The Morgan fingerprint density at radius 2 is 1.87 bits per heavy atom. The van der Waals surface area contributed by atoms with E-state index in [2.05, 4.69) is 0 Å². The quantitative estimate of drug-likeness (QED) is 0.769. The van der Waals surface area contributed by atoms with Crippen LogP contribution in [0.3, 0.4) is 0 Å². The molecule has 0 fully saturated rings. The largest absolute Gasteiger partial charge is 0.270 e. The predicted octanol–water partition coefficient (Wildman–Crippen LogP) is 2.42. The molecule has 1 aromatic rings. The maximum atomic E-state index is 10.8. The summed E-state index contributed by atoms with van der Waals surface area (Å²) in [5.41, 5.74) is 1.00. The van der Waals surface area contributed by atoms with Gasteiger partial charge in [0.05, 0.1) is 12.9 Å². The van der Waals surface area contributed by atoms with Gasteiger partial charge in [0, 0.05) is 10.9 Å². The third-order valence-corrected chi connectivity index (χ3v) is 2.79. The summed E-state index contributed by atoms with van der Waals surface area (Å²) in [6.07, 6.45) is 1.04. The Balaban J connectivity index is 2.61. The van der Waals surface area contributed by atoms with Gasteiger partial charge in [-0.2, -0.15) is 8.42 Å². The van der Waals surface area contributed by atoms with Crippen LogP contribution in [-0.2, 0) is 14.3 Å². The Kier molecular flexibility index (Phi) is 4.13. The minimum Gasteiger partial charge on any atom is -0.270 e. The lowest BCUT2D eigenvalue weighted by molar-refractivity contribution is 0.301. The van der Waals surface area contributed by atoms with Gasteiger partial charge in [-0.3, -0.25) is 4.18 Å².